The molecular formula is C22H22O11. The second kappa shape index (κ2) is 8.89. The van der Waals surface area contributed by atoms with Crippen LogP contribution in [0.2, 0.25) is 0 Å². The van der Waals surface area contributed by atoms with Gasteiger partial charge in [0.2, 0.25) is 5.75 Å². The number of aliphatic hydroxyl groups excluding tert-OH is 4. The maximum atomic E-state index is 12.8. The molecule has 1 aromatic heterocycles. The number of aromatic hydroxyl groups is 2. The largest absolute Gasteiger partial charge is 0.508 e. The van der Waals surface area contributed by atoms with Gasteiger partial charge in [-0.05, 0) is 24.3 Å². The van der Waals surface area contributed by atoms with Crippen molar-refractivity contribution >= 4 is 11.0 Å². The highest BCUT2D eigenvalue weighted by atomic mass is 16.6. The highest BCUT2D eigenvalue weighted by Gasteiger charge is 2.43. The molecule has 1 aliphatic heterocycles. The summed E-state index contributed by atoms with van der Waals surface area (Å²) < 4.78 is 21.6. The van der Waals surface area contributed by atoms with Crippen LogP contribution >= 0.6 is 0 Å². The van der Waals surface area contributed by atoms with Crippen molar-refractivity contribution in [3.05, 3.63) is 46.6 Å². The molecule has 176 valence electrons. The van der Waals surface area contributed by atoms with Gasteiger partial charge in [0.15, 0.2) is 23.2 Å². The van der Waals surface area contributed by atoms with Crippen molar-refractivity contribution in [2.75, 3.05) is 13.7 Å². The molecule has 3 aromatic rings. The summed E-state index contributed by atoms with van der Waals surface area (Å²) in [5, 5.41) is 59.1. The standard InChI is InChI=1S/C22H22O11/c1-30-14-7-13-16(11(24)6-12(32-13)9-2-4-10(23)5-3-9)18(26)21(14)31-8-15-17(25)19(27)20(28)22(29)33-15/h2-7,15,17,19-20,22-23,25-29H,8H2,1H3. The van der Waals surface area contributed by atoms with E-state index in [-0.39, 0.29) is 34.0 Å². The second-order valence-electron chi connectivity index (χ2n) is 7.50. The van der Waals surface area contributed by atoms with Crippen molar-refractivity contribution in [3.63, 3.8) is 0 Å². The third-order valence-electron chi connectivity index (χ3n) is 5.36. The Hall–Kier alpha value is -3.35. The van der Waals surface area contributed by atoms with Crippen LogP contribution in [0, 0.1) is 0 Å². The molecule has 11 nitrogen and oxygen atoms in total. The van der Waals surface area contributed by atoms with E-state index in [0.717, 1.165) is 0 Å². The van der Waals surface area contributed by atoms with E-state index in [1.54, 1.807) is 12.1 Å². The lowest BCUT2D eigenvalue weighted by Crippen LogP contribution is -2.58. The molecule has 0 bridgehead atoms. The van der Waals surface area contributed by atoms with Crippen LogP contribution in [-0.2, 0) is 4.74 Å². The molecule has 0 aliphatic carbocycles. The zero-order valence-electron chi connectivity index (χ0n) is 17.3. The number of benzene rings is 2. The lowest BCUT2D eigenvalue weighted by Gasteiger charge is -2.38. The Morgan fingerprint density at radius 1 is 0.970 bits per heavy atom. The number of hydrogen-bond acceptors (Lipinski definition) is 11. The van der Waals surface area contributed by atoms with Gasteiger partial charge in [0, 0.05) is 17.7 Å². The number of methoxy groups -OCH3 is 1. The van der Waals surface area contributed by atoms with Crippen LogP contribution in [0.1, 0.15) is 0 Å². The van der Waals surface area contributed by atoms with Gasteiger partial charge in [-0.25, -0.2) is 0 Å². The summed E-state index contributed by atoms with van der Waals surface area (Å²) in [4.78, 5) is 12.8. The Balaban J connectivity index is 1.69. The summed E-state index contributed by atoms with van der Waals surface area (Å²) in [6, 6.07) is 8.49. The van der Waals surface area contributed by atoms with E-state index < -0.39 is 48.5 Å². The lowest BCUT2D eigenvalue weighted by molar-refractivity contribution is -0.285. The first kappa shape index (κ1) is 22.8. The number of rotatable bonds is 5. The van der Waals surface area contributed by atoms with Crippen molar-refractivity contribution in [2.45, 2.75) is 30.7 Å². The van der Waals surface area contributed by atoms with E-state index in [1.165, 1.54) is 31.4 Å². The molecule has 33 heavy (non-hydrogen) atoms. The van der Waals surface area contributed by atoms with Crippen molar-refractivity contribution in [2.24, 2.45) is 0 Å². The quantitative estimate of drug-likeness (QED) is 0.302. The van der Waals surface area contributed by atoms with Crippen LogP contribution < -0.4 is 14.9 Å². The molecule has 0 amide bonds. The maximum absolute atomic E-state index is 12.8. The Bertz CT molecular complexity index is 1200. The molecule has 4 rings (SSSR count). The summed E-state index contributed by atoms with van der Waals surface area (Å²) in [5.41, 5.74) is -0.0456. The van der Waals surface area contributed by atoms with Crippen LogP contribution in [0.15, 0.2) is 45.6 Å². The van der Waals surface area contributed by atoms with Crippen molar-refractivity contribution < 1.29 is 49.3 Å². The Kier molecular flexibility index (Phi) is 6.15. The zero-order chi connectivity index (χ0) is 23.9. The summed E-state index contributed by atoms with van der Waals surface area (Å²) in [5.74, 6) is -0.590. The van der Waals surface area contributed by atoms with Crippen LogP contribution in [0.25, 0.3) is 22.3 Å². The van der Waals surface area contributed by atoms with Crippen LogP contribution in [0.5, 0.6) is 23.0 Å². The molecule has 0 radical (unpaired) electrons. The van der Waals surface area contributed by atoms with E-state index in [4.69, 9.17) is 18.6 Å². The fourth-order valence-electron chi connectivity index (χ4n) is 3.55. The van der Waals surface area contributed by atoms with Gasteiger partial charge in [-0.3, -0.25) is 4.79 Å². The second-order valence-corrected chi connectivity index (χ2v) is 7.50. The normalized spacial score (nSPS) is 25.2. The Morgan fingerprint density at radius 3 is 2.33 bits per heavy atom. The Morgan fingerprint density at radius 2 is 1.67 bits per heavy atom. The van der Waals surface area contributed by atoms with Gasteiger partial charge in [0.25, 0.3) is 0 Å². The topological polar surface area (TPSA) is 179 Å². The van der Waals surface area contributed by atoms with Crippen LogP contribution in [0.4, 0.5) is 0 Å². The summed E-state index contributed by atoms with van der Waals surface area (Å²) >= 11 is 0. The molecule has 2 heterocycles. The summed E-state index contributed by atoms with van der Waals surface area (Å²) in [6.07, 6.45) is -7.98. The zero-order valence-corrected chi connectivity index (χ0v) is 17.3. The first-order valence-corrected chi connectivity index (χ1v) is 9.89. The van der Waals surface area contributed by atoms with Gasteiger partial charge in [0.05, 0.1) is 7.11 Å². The fraction of sp³-hybridized carbons (Fsp3) is 0.318. The average molecular weight is 462 g/mol. The van der Waals surface area contributed by atoms with Crippen LogP contribution in [-0.4, -0.2) is 75.1 Å². The first-order chi connectivity index (χ1) is 15.7. The van der Waals surface area contributed by atoms with E-state index in [1.807, 2.05) is 0 Å². The number of phenols is 2. The van der Waals surface area contributed by atoms with Gasteiger partial charge in [-0.2, -0.15) is 0 Å². The van der Waals surface area contributed by atoms with Gasteiger partial charge in [0.1, 0.15) is 53.5 Å². The smallest absolute Gasteiger partial charge is 0.204 e. The maximum Gasteiger partial charge on any atom is 0.204 e. The van der Waals surface area contributed by atoms with Crippen molar-refractivity contribution in [3.8, 4) is 34.3 Å². The first-order valence-electron chi connectivity index (χ1n) is 9.89. The van der Waals surface area contributed by atoms with Crippen LogP contribution in [0.3, 0.4) is 0 Å². The minimum absolute atomic E-state index is 0.00237. The van der Waals surface area contributed by atoms with Gasteiger partial charge < -0.3 is 49.3 Å². The number of aliphatic hydroxyl groups is 4. The summed E-state index contributed by atoms with van der Waals surface area (Å²) in [7, 11) is 1.30. The van der Waals surface area contributed by atoms with E-state index >= 15 is 0 Å². The molecule has 6 N–H and O–H groups in total. The molecule has 5 atom stereocenters. The average Bonchev–Trinajstić information content (AvgIpc) is 2.79. The molecule has 1 aliphatic rings. The number of phenolic OH excluding ortho intramolecular Hbond substituents is 2. The third-order valence-corrected chi connectivity index (χ3v) is 5.36. The van der Waals surface area contributed by atoms with E-state index in [0.29, 0.717) is 5.56 Å². The summed E-state index contributed by atoms with van der Waals surface area (Å²) in [6.45, 7) is -0.464. The predicted molar refractivity (Wildman–Crippen MR) is 112 cm³/mol. The number of hydrogen-bond donors (Lipinski definition) is 6. The van der Waals surface area contributed by atoms with E-state index in [2.05, 4.69) is 0 Å². The SMILES string of the molecule is COc1cc2oc(-c3ccc(O)cc3)cc(=O)c2c(O)c1OCC1OC(O)C(O)C(O)C1O. The van der Waals surface area contributed by atoms with Gasteiger partial charge in [-0.1, -0.05) is 0 Å². The highest BCUT2D eigenvalue weighted by molar-refractivity contribution is 5.89. The molecule has 0 spiro atoms. The third kappa shape index (κ3) is 4.19. The highest BCUT2D eigenvalue weighted by Crippen LogP contribution is 2.42. The number of ether oxygens (including phenoxy) is 3. The molecule has 11 heteroatoms. The lowest BCUT2D eigenvalue weighted by atomic mass is 9.99. The van der Waals surface area contributed by atoms with Crippen molar-refractivity contribution in [1.82, 2.24) is 0 Å². The molecule has 5 unspecified atom stereocenters. The monoisotopic (exact) mass is 462 g/mol. The number of fused-ring (bicyclic) bond motifs is 1. The minimum atomic E-state index is -1.76. The molecule has 2 aromatic carbocycles. The Labute approximate surface area is 186 Å². The van der Waals surface area contributed by atoms with E-state index in [9.17, 15) is 35.4 Å². The molecule has 0 saturated carbocycles. The van der Waals surface area contributed by atoms with Crippen molar-refractivity contribution in [1.29, 1.82) is 0 Å². The predicted octanol–water partition coefficient (Wildman–Crippen LogP) is 0.0585. The molecular weight excluding hydrogens is 440 g/mol. The minimum Gasteiger partial charge on any atom is -0.508 e. The van der Waals surface area contributed by atoms with Gasteiger partial charge in [-0.15, -0.1) is 0 Å². The fourth-order valence-corrected chi connectivity index (χ4v) is 3.55. The molecule has 1 saturated heterocycles. The molecule has 1 fully saturated rings. The van der Waals surface area contributed by atoms with Gasteiger partial charge >= 0.3 is 0 Å².